The Morgan fingerprint density at radius 1 is 0.763 bits per heavy atom. The maximum atomic E-state index is 6.36. The van der Waals surface area contributed by atoms with Crippen LogP contribution in [0.4, 0.5) is 0 Å². The molecule has 0 saturated carbocycles. The molecular weight excluding hydrogens is 915 g/mol. The third-order valence-electron chi connectivity index (χ3n) is 10.7. The van der Waals surface area contributed by atoms with E-state index in [2.05, 4.69) is 180 Å². The van der Waals surface area contributed by atoms with E-state index in [4.69, 9.17) is 14.4 Å². The summed E-state index contributed by atoms with van der Waals surface area (Å²) in [5, 5.41) is 3.66. The number of rotatable bonds is 7. The molecule has 3 heterocycles. The predicted octanol–water partition coefficient (Wildman–Crippen LogP) is 13.6. The van der Waals surface area contributed by atoms with Crippen molar-refractivity contribution in [2.45, 2.75) is 66.1 Å². The van der Waals surface area contributed by atoms with Crippen LogP contribution in [0.5, 0.6) is 0 Å². The molecule has 0 fully saturated rings. The van der Waals surface area contributed by atoms with Crippen molar-refractivity contribution in [3.63, 3.8) is 0 Å². The van der Waals surface area contributed by atoms with Gasteiger partial charge < -0.3 is 14.0 Å². The quantitative estimate of drug-likeness (QED) is 0.118. The Labute approximate surface area is 363 Å². The summed E-state index contributed by atoms with van der Waals surface area (Å²) in [4.78, 5) is 9.86. The minimum absolute atomic E-state index is 0. The zero-order chi connectivity index (χ0) is 40.6. The summed E-state index contributed by atoms with van der Waals surface area (Å²) in [5.41, 5.74) is 13.0. The van der Waals surface area contributed by atoms with Crippen LogP contribution in [-0.4, -0.2) is 22.6 Å². The number of hydrogen-bond donors (Lipinski definition) is 0. The van der Waals surface area contributed by atoms with Gasteiger partial charge in [-0.1, -0.05) is 156 Å². The zero-order valence-corrected chi connectivity index (χ0v) is 38.6. The van der Waals surface area contributed by atoms with E-state index in [0.29, 0.717) is 5.92 Å². The van der Waals surface area contributed by atoms with Gasteiger partial charge in [0.2, 0.25) is 0 Å². The van der Waals surface area contributed by atoms with Crippen LogP contribution in [0, 0.1) is 18.1 Å². The van der Waals surface area contributed by atoms with Crippen LogP contribution in [0.3, 0.4) is 0 Å². The van der Waals surface area contributed by atoms with E-state index in [0.717, 1.165) is 78.9 Å². The standard InChI is InChI=1S/C31H19N2O.C22H32NSi.Ir/c1-2-11-21(12-3-1)22-13-4-7-18-27(22)33-28-19-8-6-17-26(28)32-31(33)25-16-10-15-24-23-14-5-9-20-29(23)34-30(24)25;1-16(2)13-18-14-20(23-15-21(18)24(6,7)8)17-9-11-19(12-10-17)22(3,4)5;/h1-15,17-20H;9,11-12,14-16H,13H2,1-8H3;/q2*-1;. The summed E-state index contributed by atoms with van der Waals surface area (Å²) >= 11 is 0. The summed E-state index contributed by atoms with van der Waals surface area (Å²) in [6.45, 7) is 18.5. The van der Waals surface area contributed by atoms with E-state index in [-0.39, 0.29) is 25.5 Å². The Morgan fingerprint density at radius 3 is 2.20 bits per heavy atom. The van der Waals surface area contributed by atoms with Crippen molar-refractivity contribution in [2.24, 2.45) is 5.92 Å². The predicted molar refractivity (Wildman–Crippen MR) is 247 cm³/mol. The third kappa shape index (κ3) is 8.68. The number of pyridine rings is 1. The van der Waals surface area contributed by atoms with Crippen LogP contribution >= 0.6 is 0 Å². The number of furan rings is 1. The Hall–Kier alpha value is -5.39. The molecule has 0 bridgehead atoms. The van der Waals surface area contributed by atoms with Crippen molar-refractivity contribution in [2.75, 3.05) is 0 Å². The summed E-state index contributed by atoms with van der Waals surface area (Å²) in [6, 6.07) is 55.0. The molecule has 0 aliphatic carbocycles. The largest absolute Gasteiger partial charge is 0.501 e. The first-order valence-corrected chi connectivity index (χ1v) is 23.8. The van der Waals surface area contributed by atoms with Crippen molar-refractivity contribution in [3.05, 3.63) is 169 Å². The molecule has 3 aromatic heterocycles. The van der Waals surface area contributed by atoms with E-state index in [1.54, 1.807) is 0 Å². The van der Waals surface area contributed by atoms with Crippen LogP contribution in [0.2, 0.25) is 19.6 Å². The monoisotopic (exact) mass is 966 g/mol. The van der Waals surface area contributed by atoms with Crippen LogP contribution in [0.15, 0.2) is 150 Å². The average molecular weight is 966 g/mol. The van der Waals surface area contributed by atoms with Gasteiger partial charge in [-0.25, -0.2) is 0 Å². The third-order valence-corrected chi connectivity index (χ3v) is 12.8. The number of nitrogens with zero attached hydrogens (tertiary/aromatic N) is 3. The number of hydrogen-bond acceptors (Lipinski definition) is 3. The molecule has 299 valence electrons. The topological polar surface area (TPSA) is 43.9 Å². The Balaban J connectivity index is 0.000000188. The van der Waals surface area contributed by atoms with E-state index in [9.17, 15) is 0 Å². The SMILES string of the molecule is CC(C)Cc1cc(-c2[c-]cc(C(C)(C)C)cc2)ncc1[Si](C)(C)C.[Ir].[c-]1ccc2c(oc3ccccc32)c1-c1nc2ccccc2n1-c1ccccc1-c1ccccc1. The van der Waals surface area contributed by atoms with Crippen molar-refractivity contribution in [1.29, 1.82) is 0 Å². The fourth-order valence-electron chi connectivity index (χ4n) is 7.80. The average Bonchev–Trinajstić information content (AvgIpc) is 3.79. The number of fused-ring (bicyclic) bond motifs is 4. The second kappa shape index (κ2) is 17.1. The van der Waals surface area contributed by atoms with Gasteiger partial charge in [0.05, 0.1) is 30.5 Å². The molecule has 0 amide bonds. The first-order valence-electron chi connectivity index (χ1n) is 20.3. The molecule has 0 atom stereocenters. The molecule has 0 aliphatic heterocycles. The van der Waals surface area contributed by atoms with Gasteiger partial charge in [0, 0.05) is 42.9 Å². The molecule has 6 aromatic carbocycles. The molecule has 0 spiro atoms. The molecule has 9 aromatic rings. The first-order chi connectivity index (χ1) is 27.9. The Kier molecular flexibility index (Phi) is 12.1. The maximum Gasteiger partial charge on any atom is 0.120 e. The first kappa shape index (κ1) is 41.8. The molecule has 9 rings (SSSR count). The van der Waals surface area contributed by atoms with Crippen LogP contribution < -0.4 is 5.19 Å². The Morgan fingerprint density at radius 2 is 1.47 bits per heavy atom. The van der Waals surface area contributed by atoms with Crippen LogP contribution in [0.25, 0.3) is 72.4 Å². The number of para-hydroxylation sites is 4. The van der Waals surface area contributed by atoms with Gasteiger partial charge in [0.25, 0.3) is 0 Å². The molecule has 6 heteroatoms. The summed E-state index contributed by atoms with van der Waals surface area (Å²) in [5.74, 6) is 1.47. The smallest absolute Gasteiger partial charge is 0.120 e. The van der Waals surface area contributed by atoms with Crippen molar-refractivity contribution in [3.8, 4) is 39.5 Å². The molecule has 59 heavy (non-hydrogen) atoms. The van der Waals surface area contributed by atoms with Gasteiger partial charge in [-0.05, 0) is 58.5 Å². The summed E-state index contributed by atoms with van der Waals surface area (Å²) < 4.78 is 8.59. The molecule has 0 N–H and O–H groups in total. The normalized spacial score (nSPS) is 11.8. The second-order valence-electron chi connectivity index (χ2n) is 17.7. The van der Waals surface area contributed by atoms with Crippen LogP contribution in [0.1, 0.15) is 45.7 Å². The molecule has 0 aliphatic rings. The second-order valence-corrected chi connectivity index (χ2v) is 22.7. The van der Waals surface area contributed by atoms with Gasteiger partial charge in [0.15, 0.2) is 0 Å². The van der Waals surface area contributed by atoms with E-state index in [1.807, 2.05) is 36.4 Å². The summed E-state index contributed by atoms with van der Waals surface area (Å²) in [7, 11) is -1.38. The van der Waals surface area contributed by atoms with Crippen molar-refractivity contribution in [1.82, 2.24) is 14.5 Å². The molecule has 4 nitrogen and oxygen atoms in total. The molecule has 1 radical (unpaired) electrons. The number of imidazole rings is 1. The molecule has 0 saturated heterocycles. The van der Waals surface area contributed by atoms with Gasteiger partial charge >= 0.3 is 0 Å². The van der Waals surface area contributed by atoms with E-state index < -0.39 is 8.07 Å². The number of aromatic nitrogens is 3. The number of benzene rings is 6. The fourth-order valence-corrected chi connectivity index (χ4v) is 9.39. The Bertz CT molecular complexity index is 2860. The van der Waals surface area contributed by atoms with Crippen molar-refractivity contribution < 1.29 is 24.5 Å². The van der Waals surface area contributed by atoms with Crippen LogP contribution in [-0.2, 0) is 31.9 Å². The maximum absolute atomic E-state index is 6.36. The fraction of sp³-hybridized carbons (Fsp3) is 0.208. The van der Waals surface area contributed by atoms with Gasteiger partial charge in [0.1, 0.15) is 5.58 Å². The van der Waals surface area contributed by atoms with E-state index in [1.165, 1.54) is 16.3 Å². The zero-order valence-electron chi connectivity index (χ0n) is 35.2. The van der Waals surface area contributed by atoms with Gasteiger partial charge in [-0.3, -0.25) is 4.98 Å². The van der Waals surface area contributed by atoms with Gasteiger partial charge in [-0.2, -0.15) is 0 Å². The van der Waals surface area contributed by atoms with Crippen molar-refractivity contribution >= 4 is 46.2 Å². The molecule has 0 unspecified atom stereocenters. The molecular formula is C53H51IrN3OSi-2. The summed E-state index contributed by atoms with van der Waals surface area (Å²) in [6.07, 6.45) is 3.25. The van der Waals surface area contributed by atoms with Gasteiger partial charge in [-0.15, -0.1) is 53.6 Å². The minimum Gasteiger partial charge on any atom is -0.501 e. The van der Waals surface area contributed by atoms with E-state index >= 15 is 0 Å². The minimum atomic E-state index is -1.38.